The van der Waals surface area contributed by atoms with E-state index in [0.29, 0.717) is 24.1 Å². The fourth-order valence-corrected chi connectivity index (χ4v) is 2.58. The number of Topliss-reactive ketones (excluding diaryl/α,β-unsaturated/α-hetero) is 1. The average Bonchev–Trinajstić information content (AvgIpc) is 2.70. The number of hydrogen-bond acceptors (Lipinski definition) is 4. The molecule has 2 amide bonds. The van der Waals surface area contributed by atoms with E-state index in [1.165, 1.54) is 11.3 Å². The first-order valence-electron chi connectivity index (χ1n) is 5.51. The summed E-state index contributed by atoms with van der Waals surface area (Å²) in [7, 11) is 0. The van der Waals surface area contributed by atoms with Gasteiger partial charge in [0.1, 0.15) is 0 Å². The zero-order valence-electron chi connectivity index (χ0n) is 9.56. The average molecular weight is 251 g/mol. The minimum Gasteiger partial charge on any atom is -0.291 e. The number of amides is 2. The number of piperidine rings is 1. The molecule has 0 bridgehead atoms. The lowest BCUT2D eigenvalue weighted by molar-refractivity contribution is -0.147. The van der Waals surface area contributed by atoms with Crippen molar-refractivity contribution in [3.8, 4) is 0 Å². The number of carbonyl (C=O) groups is 3. The number of likely N-dealkylation sites (tertiary alicyclic amines) is 1. The molecule has 1 fully saturated rings. The van der Waals surface area contributed by atoms with Crippen molar-refractivity contribution < 1.29 is 14.4 Å². The predicted molar refractivity (Wildman–Crippen MR) is 64.0 cm³/mol. The van der Waals surface area contributed by atoms with Gasteiger partial charge in [0, 0.05) is 17.7 Å². The topological polar surface area (TPSA) is 54.5 Å². The summed E-state index contributed by atoms with van der Waals surface area (Å²) in [4.78, 5) is 37.7. The zero-order chi connectivity index (χ0) is 12.4. The van der Waals surface area contributed by atoms with Crippen LogP contribution < -0.4 is 0 Å². The van der Waals surface area contributed by atoms with Crippen molar-refractivity contribution in [2.24, 2.45) is 0 Å². The summed E-state index contributed by atoms with van der Waals surface area (Å²) in [5.74, 6) is -0.627. The van der Waals surface area contributed by atoms with Crippen molar-refractivity contribution in [2.75, 3.05) is 6.54 Å². The van der Waals surface area contributed by atoms with E-state index in [0.717, 1.165) is 9.78 Å². The molecule has 4 nitrogen and oxygen atoms in total. The number of ketones is 1. The van der Waals surface area contributed by atoms with E-state index in [1.54, 1.807) is 6.07 Å². The molecule has 90 valence electrons. The van der Waals surface area contributed by atoms with Gasteiger partial charge in [0.05, 0.1) is 11.4 Å². The summed E-state index contributed by atoms with van der Waals surface area (Å²) in [6.45, 7) is 1.80. The third-order valence-electron chi connectivity index (χ3n) is 2.70. The Hall–Kier alpha value is -1.49. The molecular formula is C12H13NO3S. The van der Waals surface area contributed by atoms with Crippen molar-refractivity contribution in [1.29, 1.82) is 0 Å². The van der Waals surface area contributed by atoms with E-state index in [9.17, 15) is 14.4 Å². The highest BCUT2D eigenvalue weighted by Crippen LogP contribution is 2.18. The third kappa shape index (κ3) is 2.61. The van der Waals surface area contributed by atoms with Crippen molar-refractivity contribution in [2.45, 2.75) is 26.2 Å². The van der Waals surface area contributed by atoms with E-state index in [2.05, 4.69) is 0 Å². The number of hydrogen-bond donors (Lipinski definition) is 0. The molecule has 0 unspecified atom stereocenters. The predicted octanol–water partition coefficient (Wildman–Crippen LogP) is 1.78. The summed E-state index contributed by atoms with van der Waals surface area (Å²) in [5.41, 5.74) is 0. The number of carbonyl (C=O) groups excluding carboxylic acids is 3. The number of imide groups is 1. The van der Waals surface area contributed by atoms with Gasteiger partial charge >= 0.3 is 0 Å². The molecule has 2 heterocycles. The van der Waals surface area contributed by atoms with Crippen molar-refractivity contribution in [3.63, 3.8) is 0 Å². The van der Waals surface area contributed by atoms with E-state index < -0.39 is 0 Å². The van der Waals surface area contributed by atoms with E-state index in [1.807, 2.05) is 13.0 Å². The van der Waals surface area contributed by atoms with Gasteiger partial charge in [0.2, 0.25) is 11.8 Å². The van der Waals surface area contributed by atoms with Crippen LogP contribution >= 0.6 is 11.3 Å². The van der Waals surface area contributed by atoms with Crippen molar-refractivity contribution >= 4 is 28.9 Å². The van der Waals surface area contributed by atoms with Gasteiger partial charge in [-0.25, -0.2) is 0 Å². The van der Waals surface area contributed by atoms with Crippen LogP contribution in [0.5, 0.6) is 0 Å². The molecule has 0 aliphatic carbocycles. The second-order valence-corrected chi connectivity index (χ2v) is 5.35. The van der Waals surface area contributed by atoms with E-state index >= 15 is 0 Å². The van der Waals surface area contributed by atoms with Gasteiger partial charge in [0.25, 0.3) is 0 Å². The molecule has 1 aliphatic rings. The Labute approximate surface area is 103 Å². The molecule has 0 radical (unpaired) electrons. The Balaban J connectivity index is 2.07. The Morgan fingerprint density at radius 2 is 1.94 bits per heavy atom. The number of thiophene rings is 1. The maximum atomic E-state index is 11.9. The van der Waals surface area contributed by atoms with Crippen LogP contribution in [-0.4, -0.2) is 29.0 Å². The lowest BCUT2D eigenvalue weighted by Crippen LogP contribution is -2.43. The number of rotatable bonds is 3. The van der Waals surface area contributed by atoms with Crippen molar-refractivity contribution in [1.82, 2.24) is 4.90 Å². The SMILES string of the molecule is Cc1ccc(C(=O)CN2C(=O)CCCC2=O)s1. The van der Waals surface area contributed by atoms with Crippen LogP contribution in [0, 0.1) is 6.92 Å². The second-order valence-electron chi connectivity index (χ2n) is 4.06. The van der Waals surface area contributed by atoms with Crippen LogP contribution in [0.15, 0.2) is 12.1 Å². The molecule has 0 spiro atoms. The normalized spacial score (nSPS) is 16.4. The van der Waals surface area contributed by atoms with Gasteiger partial charge in [-0.05, 0) is 25.5 Å². The Kier molecular flexibility index (Phi) is 3.38. The lowest BCUT2D eigenvalue weighted by Gasteiger charge is -2.23. The molecule has 0 aromatic carbocycles. The molecule has 1 aromatic heterocycles. The highest BCUT2D eigenvalue weighted by molar-refractivity contribution is 7.14. The van der Waals surface area contributed by atoms with Gasteiger partial charge in [-0.3, -0.25) is 19.3 Å². The van der Waals surface area contributed by atoms with Crippen LogP contribution in [-0.2, 0) is 9.59 Å². The molecule has 17 heavy (non-hydrogen) atoms. The fraction of sp³-hybridized carbons (Fsp3) is 0.417. The van der Waals surface area contributed by atoms with Gasteiger partial charge in [-0.2, -0.15) is 0 Å². The van der Waals surface area contributed by atoms with Crippen LogP contribution in [0.4, 0.5) is 0 Å². The van der Waals surface area contributed by atoms with Crippen molar-refractivity contribution in [3.05, 3.63) is 21.9 Å². The van der Waals surface area contributed by atoms with Crippen LogP contribution in [0.1, 0.15) is 33.8 Å². The van der Waals surface area contributed by atoms with Crippen LogP contribution in [0.2, 0.25) is 0 Å². The summed E-state index contributed by atoms with van der Waals surface area (Å²) in [6, 6.07) is 3.60. The molecule has 1 aliphatic heterocycles. The summed E-state index contributed by atoms with van der Waals surface area (Å²) in [5, 5.41) is 0. The maximum absolute atomic E-state index is 11.9. The fourth-order valence-electron chi connectivity index (χ4n) is 1.78. The molecule has 0 saturated carbocycles. The zero-order valence-corrected chi connectivity index (χ0v) is 10.4. The first kappa shape index (κ1) is 12.0. The second kappa shape index (κ2) is 4.79. The molecule has 5 heteroatoms. The Bertz CT molecular complexity index is 462. The van der Waals surface area contributed by atoms with E-state index in [-0.39, 0.29) is 24.1 Å². The summed E-state index contributed by atoms with van der Waals surface area (Å²) >= 11 is 1.39. The van der Waals surface area contributed by atoms with Gasteiger partial charge in [0.15, 0.2) is 5.78 Å². The van der Waals surface area contributed by atoms with E-state index in [4.69, 9.17) is 0 Å². The highest BCUT2D eigenvalue weighted by Gasteiger charge is 2.28. The minimum atomic E-state index is -0.233. The first-order chi connectivity index (χ1) is 8.08. The smallest absolute Gasteiger partial charge is 0.229 e. The summed E-state index contributed by atoms with van der Waals surface area (Å²) < 4.78 is 0. The van der Waals surface area contributed by atoms with Gasteiger partial charge < -0.3 is 0 Å². The number of aryl methyl sites for hydroxylation is 1. The molecule has 1 aromatic rings. The number of nitrogens with zero attached hydrogens (tertiary/aromatic N) is 1. The minimum absolute atomic E-state index is 0.113. The quantitative estimate of drug-likeness (QED) is 0.608. The highest BCUT2D eigenvalue weighted by atomic mass is 32.1. The third-order valence-corrected chi connectivity index (χ3v) is 3.74. The molecule has 0 N–H and O–H groups in total. The molecular weight excluding hydrogens is 238 g/mol. The molecule has 0 atom stereocenters. The Morgan fingerprint density at radius 3 is 2.47 bits per heavy atom. The molecule has 2 rings (SSSR count). The summed E-state index contributed by atoms with van der Waals surface area (Å²) in [6.07, 6.45) is 1.32. The van der Waals surface area contributed by atoms with Gasteiger partial charge in [-0.15, -0.1) is 11.3 Å². The van der Waals surface area contributed by atoms with Gasteiger partial charge in [-0.1, -0.05) is 0 Å². The van der Waals surface area contributed by atoms with Crippen LogP contribution in [0.3, 0.4) is 0 Å². The largest absolute Gasteiger partial charge is 0.291 e. The lowest BCUT2D eigenvalue weighted by atomic mass is 10.1. The maximum Gasteiger partial charge on any atom is 0.229 e. The monoisotopic (exact) mass is 251 g/mol. The molecule has 1 saturated heterocycles. The standard InChI is InChI=1S/C12H13NO3S/c1-8-5-6-10(17-8)9(14)7-13-11(15)3-2-4-12(13)16/h5-6H,2-4,7H2,1H3. The first-order valence-corrected chi connectivity index (χ1v) is 6.32. The Morgan fingerprint density at radius 1 is 1.29 bits per heavy atom. The van der Waals surface area contributed by atoms with Crippen LogP contribution in [0.25, 0.3) is 0 Å².